The Labute approximate surface area is 117 Å². The van der Waals surface area contributed by atoms with Gasteiger partial charge in [-0.15, -0.1) is 0 Å². The first-order chi connectivity index (χ1) is 9.59. The molecule has 0 aliphatic rings. The van der Waals surface area contributed by atoms with Crippen LogP contribution in [-0.2, 0) is 14.3 Å². The number of hydrogen-bond acceptors (Lipinski definition) is 5. The predicted octanol–water partition coefficient (Wildman–Crippen LogP) is 1.84. The second kappa shape index (κ2) is 8.79. The molecule has 0 heterocycles. The van der Waals surface area contributed by atoms with E-state index in [1.807, 2.05) is 0 Å². The lowest BCUT2D eigenvalue weighted by Gasteiger charge is -2.09. The second-order valence-corrected chi connectivity index (χ2v) is 4.21. The lowest BCUT2D eigenvalue weighted by atomic mass is 10.2. The number of hydrogen-bond donors (Lipinski definition) is 2. The van der Waals surface area contributed by atoms with E-state index in [-0.39, 0.29) is 32.0 Å². The third-order valence-electron chi connectivity index (χ3n) is 2.54. The zero-order chi connectivity index (χ0) is 14.8. The number of benzene rings is 1. The molecule has 0 saturated carbocycles. The topological polar surface area (TPSA) is 98.9 Å². The molecule has 0 radical (unpaired) electrons. The number of para-hydroxylation sites is 2. The molecule has 0 spiro atoms. The summed E-state index contributed by atoms with van der Waals surface area (Å²) in [6.45, 7) is 0.376. The molecule has 0 aliphatic carbocycles. The number of unbranched alkanes of at least 4 members (excludes halogenated alkanes) is 1. The van der Waals surface area contributed by atoms with Crippen LogP contribution in [0.25, 0.3) is 0 Å². The summed E-state index contributed by atoms with van der Waals surface area (Å²) >= 11 is 0. The summed E-state index contributed by atoms with van der Waals surface area (Å²) in [7, 11) is 0. The molecule has 0 saturated heterocycles. The summed E-state index contributed by atoms with van der Waals surface area (Å²) in [4.78, 5) is 21.6. The molecule has 0 aliphatic heterocycles. The van der Waals surface area contributed by atoms with Gasteiger partial charge in [-0.05, 0) is 25.0 Å². The lowest BCUT2D eigenvalue weighted by molar-refractivity contribution is -0.145. The van der Waals surface area contributed by atoms with Crippen LogP contribution >= 0.6 is 0 Å². The number of aliphatic carboxylic acids is 1. The molecule has 0 amide bonds. The third-order valence-corrected chi connectivity index (χ3v) is 2.54. The van der Waals surface area contributed by atoms with Crippen LogP contribution in [0.1, 0.15) is 25.7 Å². The SMILES string of the molecule is Nc1ccccc1OCCOC(=O)CCCCC(=O)O. The maximum absolute atomic E-state index is 11.3. The Morgan fingerprint density at radius 1 is 1.10 bits per heavy atom. The van der Waals surface area contributed by atoms with Crippen molar-refractivity contribution < 1.29 is 24.2 Å². The summed E-state index contributed by atoms with van der Waals surface area (Å²) in [5.41, 5.74) is 6.22. The number of carbonyl (C=O) groups is 2. The van der Waals surface area contributed by atoms with E-state index in [0.29, 0.717) is 24.3 Å². The molecule has 1 aromatic rings. The molecule has 110 valence electrons. The van der Waals surface area contributed by atoms with Gasteiger partial charge in [-0.2, -0.15) is 0 Å². The Hall–Kier alpha value is -2.24. The average molecular weight is 281 g/mol. The fourth-order valence-corrected chi connectivity index (χ4v) is 1.54. The number of nitrogen functional groups attached to an aromatic ring is 1. The van der Waals surface area contributed by atoms with E-state index in [9.17, 15) is 9.59 Å². The lowest BCUT2D eigenvalue weighted by Crippen LogP contribution is -2.12. The summed E-state index contributed by atoms with van der Waals surface area (Å²) in [6, 6.07) is 7.08. The number of anilines is 1. The highest BCUT2D eigenvalue weighted by atomic mass is 16.6. The molecule has 0 bridgehead atoms. The molecule has 20 heavy (non-hydrogen) atoms. The first-order valence-electron chi connectivity index (χ1n) is 6.44. The van der Waals surface area contributed by atoms with Crippen molar-refractivity contribution >= 4 is 17.6 Å². The van der Waals surface area contributed by atoms with E-state index < -0.39 is 5.97 Å². The van der Waals surface area contributed by atoms with Crippen LogP contribution in [0.5, 0.6) is 5.75 Å². The summed E-state index contributed by atoms with van der Waals surface area (Å²) < 4.78 is 10.3. The van der Waals surface area contributed by atoms with E-state index >= 15 is 0 Å². The van der Waals surface area contributed by atoms with Gasteiger partial charge in [0.1, 0.15) is 19.0 Å². The highest BCUT2D eigenvalue weighted by Gasteiger charge is 2.04. The largest absolute Gasteiger partial charge is 0.488 e. The van der Waals surface area contributed by atoms with Gasteiger partial charge in [-0.3, -0.25) is 9.59 Å². The molecular formula is C14H19NO5. The Bertz CT molecular complexity index is 447. The predicted molar refractivity (Wildman–Crippen MR) is 73.4 cm³/mol. The van der Waals surface area contributed by atoms with Crippen LogP contribution in [0.2, 0.25) is 0 Å². The fourth-order valence-electron chi connectivity index (χ4n) is 1.54. The number of carboxylic acid groups (broad SMARTS) is 1. The minimum Gasteiger partial charge on any atom is -0.488 e. The molecule has 3 N–H and O–H groups in total. The van der Waals surface area contributed by atoms with Gasteiger partial charge in [0.15, 0.2) is 0 Å². The molecule has 0 unspecified atom stereocenters. The zero-order valence-electron chi connectivity index (χ0n) is 11.2. The van der Waals surface area contributed by atoms with Gasteiger partial charge >= 0.3 is 11.9 Å². The van der Waals surface area contributed by atoms with Gasteiger partial charge in [0.2, 0.25) is 0 Å². The Morgan fingerprint density at radius 3 is 2.50 bits per heavy atom. The summed E-state index contributed by atoms with van der Waals surface area (Å²) in [5.74, 6) is -0.641. The van der Waals surface area contributed by atoms with E-state index in [0.717, 1.165) is 0 Å². The van der Waals surface area contributed by atoms with Crippen molar-refractivity contribution in [3.8, 4) is 5.75 Å². The van der Waals surface area contributed by atoms with Crippen molar-refractivity contribution in [2.45, 2.75) is 25.7 Å². The number of rotatable bonds is 9. The number of ether oxygens (including phenoxy) is 2. The van der Waals surface area contributed by atoms with Crippen LogP contribution in [0.3, 0.4) is 0 Å². The van der Waals surface area contributed by atoms with Crippen LogP contribution in [0, 0.1) is 0 Å². The van der Waals surface area contributed by atoms with E-state index in [1.54, 1.807) is 24.3 Å². The normalized spacial score (nSPS) is 10.0. The molecule has 0 aromatic heterocycles. The number of carbonyl (C=O) groups excluding carboxylic acids is 1. The number of carboxylic acids is 1. The monoisotopic (exact) mass is 281 g/mol. The van der Waals surface area contributed by atoms with Crippen molar-refractivity contribution in [3.63, 3.8) is 0 Å². The van der Waals surface area contributed by atoms with Crippen LogP contribution in [-0.4, -0.2) is 30.3 Å². The Balaban J connectivity index is 2.07. The van der Waals surface area contributed by atoms with Crippen molar-refractivity contribution in [3.05, 3.63) is 24.3 Å². The molecule has 6 heteroatoms. The van der Waals surface area contributed by atoms with Gasteiger partial charge in [-0.25, -0.2) is 0 Å². The van der Waals surface area contributed by atoms with E-state index in [2.05, 4.69) is 0 Å². The minimum atomic E-state index is -0.854. The average Bonchev–Trinajstić information content (AvgIpc) is 2.41. The van der Waals surface area contributed by atoms with Crippen LogP contribution < -0.4 is 10.5 Å². The first-order valence-corrected chi connectivity index (χ1v) is 6.44. The standard InChI is InChI=1S/C14H19NO5/c15-11-5-1-2-6-12(11)19-9-10-20-14(18)8-4-3-7-13(16)17/h1-2,5-6H,3-4,7-10,15H2,(H,16,17). The zero-order valence-corrected chi connectivity index (χ0v) is 11.2. The summed E-state index contributed by atoms with van der Waals surface area (Å²) in [6.07, 6.45) is 1.28. The molecule has 0 fully saturated rings. The van der Waals surface area contributed by atoms with Crippen molar-refractivity contribution in [2.75, 3.05) is 18.9 Å². The second-order valence-electron chi connectivity index (χ2n) is 4.21. The fraction of sp³-hybridized carbons (Fsp3) is 0.429. The molecule has 6 nitrogen and oxygen atoms in total. The Kier molecular flexibility index (Phi) is 6.95. The van der Waals surface area contributed by atoms with E-state index in [4.69, 9.17) is 20.3 Å². The molecule has 1 aromatic carbocycles. The molecular weight excluding hydrogens is 262 g/mol. The molecule has 1 rings (SSSR count). The van der Waals surface area contributed by atoms with Crippen LogP contribution in [0.15, 0.2) is 24.3 Å². The minimum absolute atomic E-state index is 0.0731. The van der Waals surface area contributed by atoms with E-state index in [1.165, 1.54) is 0 Å². The quantitative estimate of drug-likeness (QED) is 0.407. The van der Waals surface area contributed by atoms with Crippen LogP contribution in [0.4, 0.5) is 5.69 Å². The number of esters is 1. The third kappa shape index (κ3) is 6.63. The van der Waals surface area contributed by atoms with Gasteiger partial charge in [-0.1, -0.05) is 12.1 Å². The highest BCUT2D eigenvalue weighted by Crippen LogP contribution is 2.19. The van der Waals surface area contributed by atoms with Gasteiger partial charge < -0.3 is 20.3 Å². The summed E-state index contributed by atoms with van der Waals surface area (Å²) in [5, 5.41) is 8.44. The molecule has 0 atom stereocenters. The first kappa shape index (κ1) is 15.8. The van der Waals surface area contributed by atoms with Crippen molar-refractivity contribution in [1.29, 1.82) is 0 Å². The maximum Gasteiger partial charge on any atom is 0.305 e. The Morgan fingerprint density at radius 2 is 1.80 bits per heavy atom. The smallest absolute Gasteiger partial charge is 0.305 e. The van der Waals surface area contributed by atoms with Crippen molar-refractivity contribution in [2.24, 2.45) is 0 Å². The highest BCUT2D eigenvalue weighted by molar-refractivity contribution is 5.69. The van der Waals surface area contributed by atoms with Gasteiger partial charge in [0, 0.05) is 12.8 Å². The van der Waals surface area contributed by atoms with Gasteiger partial charge in [0.05, 0.1) is 5.69 Å². The van der Waals surface area contributed by atoms with Crippen molar-refractivity contribution in [1.82, 2.24) is 0 Å². The maximum atomic E-state index is 11.3. The number of nitrogens with two attached hydrogens (primary N) is 1. The van der Waals surface area contributed by atoms with Gasteiger partial charge in [0.25, 0.3) is 0 Å².